The van der Waals surface area contributed by atoms with Gasteiger partial charge in [0, 0.05) is 38.3 Å². The molecule has 0 aliphatic carbocycles. The van der Waals surface area contributed by atoms with E-state index in [0.717, 1.165) is 42.2 Å². The Balaban J connectivity index is 1.58. The second kappa shape index (κ2) is 9.56. The van der Waals surface area contributed by atoms with Crippen molar-refractivity contribution in [1.29, 1.82) is 0 Å². The van der Waals surface area contributed by atoms with Crippen LogP contribution in [0.25, 0.3) is 0 Å². The highest BCUT2D eigenvalue weighted by atomic mass is 32.2. The molecule has 1 aromatic carbocycles. The summed E-state index contributed by atoms with van der Waals surface area (Å²) >= 11 is 0. The van der Waals surface area contributed by atoms with Gasteiger partial charge < -0.3 is 24.6 Å². The molecule has 2 aliphatic rings. The van der Waals surface area contributed by atoms with Crippen molar-refractivity contribution in [2.75, 3.05) is 50.1 Å². The highest BCUT2D eigenvalue weighted by Crippen LogP contribution is 2.29. The van der Waals surface area contributed by atoms with Crippen LogP contribution in [-0.4, -0.2) is 63.4 Å². The normalized spacial score (nSPS) is 20.1. The van der Waals surface area contributed by atoms with Crippen molar-refractivity contribution in [3.63, 3.8) is 0 Å². The lowest BCUT2D eigenvalue weighted by Crippen LogP contribution is -2.40. The van der Waals surface area contributed by atoms with Gasteiger partial charge in [-0.2, -0.15) is 4.31 Å². The Morgan fingerprint density at radius 2 is 1.94 bits per heavy atom. The number of morpholine rings is 1. The molecule has 9 nitrogen and oxygen atoms in total. The first-order valence-electron chi connectivity index (χ1n) is 10.7. The summed E-state index contributed by atoms with van der Waals surface area (Å²) in [5.41, 5.74) is 3.33. The summed E-state index contributed by atoms with van der Waals surface area (Å²) in [6.45, 7) is 7.27. The van der Waals surface area contributed by atoms with Crippen molar-refractivity contribution in [3.8, 4) is 0 Å². The van der Waals surface area contributed by atoms with Gasteiger partial charge in [-0.15, -0.1) is 0 Å². The van der Waals surface area contributed by atoms with Crippen LogP contribution >= 0.6 is 0 Å². The number of hydrogen-bond acceptors (Lipinski definition) is 8. The summed E-state index contributed by atoms with van der Waals surface area (Å²) in [6, 6.07) is 5.17. The van der Waals surface area contributed by atoms with E-state index in [1.807, 2.05) is 19.9 Å². The third-order valence-corrected chi connectivity index (χ3v) is 7.67. The number of aromatic nitrogens is 1. The van der Waals surface area contributed by atoms with Gasteiger partial charge in [0.25, 0.3) is 0 Å². The fourth-order valence-electron chi connectivity index (χ4n) is 3.89. The van der Waals surface area contributed by atoms with Crippen LogP contribution in [0.1, 0.15) is 29.9 Å². The van der Waals surface area contributed by atoms with Gasteiger partial charge in [0.05, 0.1) is 41.3 Å². The SMILES string of the molecule is Cc1noc(C)c1CNc1cc(S(=O)(=O)N2CCOCC2)ccc1NCC1CCCO1. The van der Waals surface area contributed by atoms with E-state index in [1.165, 1.54) is 4.31 Å². The van der Waals surface area contributed by atoms with Crippen molar-refractivity contribution >= 4 is 21.4 Å². The predicted octanol–water partition coefficient (Wildman–Crippen LogP) is 2.52. The van der Waals surface area contributed by atoms with Crippen molar-refractivity contribution in [2.45, 2.75) is 44.2 Å². The largest absolute Gasteiger partial charge is 0.381 e. The van der Waals surface area contributed by atoms with Gasteiger partial charge in [-0.3, -0.25) is 0 Å². The molecule has 1 atom stereocenters. The van der Waals surface area contributed by atoms with Gasteiger partial charge >= 0.3 is 0 Å². The molecule has 2 N–H and O–H groups in total. The summed E-state index contributed by atoms with van der Waals surface area (Å²) in [4.78, 5) is 0.262. The Morgan fingerprint density at radius 1 is 1.13 bits per heavy atom. The summed E-state index contributed by atoms with van der Waals surface area (Å²) in [5, 5.41) is 10.8. The molecular weight excluding hydrogens is 420 g/mol. The van der Waals surface area contributed by atoms with Crippen LogP contribution in [0.2, 0.25) is 0 Å². The number of anilines is 2. The van der Waals surface area contributed by atoms with Crippen LogP contribution in [0.5, 0.6) is 0 Å². The van der Waals surface area contributed by atoms with E-state index >= 15 is 0 Å². The van der Waals surface area contributed by atoms with Gasteiger partial charge in [-0.05, 0) is 44.9 Å². The summed E-state index contributed by atoms with van der Waals surface area (Å²) in [5.74, 6) is 0.746. The van der Waals surface area contributed by atoms with E-state index in [2.05, 4.69) is 15.8 Å². The van der Waals surface area contributed by atoms with E-state index in [0.29, 0.717) is 45.1 Å². The van der Waals surface area contributed by atoms with E-state index in [1.54, 1.807) is 12.1 Å². The maximum Gasteiger partial charge on any atom is 0.243 e. The van der Waals surface area contributed by atoms with E-state index in [-0.39, 0.29) is 11.0 Å². The van der Waals surface area contributed by atoms with Gasteiger partial charge in [0.1, 0.15) is 5.76 Å². The van der Waals surface area contributed by atoms with Crippen molar-refractivity contribution in [3.05, 3.63) is 35.2 Å². The molecule has 1 aromatic heterocycles. The number of benzene rings is 1. The monoisotopic (exact) mass is 450 g/mol. The molecule has 0 saturated carbocycles. The Hall–Kier alpha value is -2.14. The lowest BCUT2D eigenvalue weighted by atomic mass is 10.2. The third kappa shape index (κ3) is 5.03. The third-order valence-electron chi connectivity index (χ3n) is 5.78. The maximum absolute atomic E-state index is 13.1. The molecule has 0 amide bonds. The minimum Gasteiger partial charge on any atom is -0.381 e. The molecule has 10 heteroatoms. The topological polar surface area (TPSA) is 106 Å². The number of rotatable bonds is 8. The number of nitrogens with zero attached hydrogens (tertiary/aromatic N) is 2. The zero-order valence-electron chi connectivity index (χ0n) is 18.0. The summed E-state index contributed by atoms with van der Waals surface area (Å²) in [7, 11) is -3.59. The highest BCUT2D eigenvalue weighted by Gasteiger charge is 2.27. The number of hydrogen-bond donors (Lipinski definition) is 2. The van der Waals surface area contributed by atoms with Crippen LogP contribution in [0.4, 0.5) is 11.4 Å². The van der Waals surface area contributed by atoms with Crippen molar-refractivity contribution < 1.29 is 22.4 Å². The molecule has 2 fully saturated rings. The number of ether oxygens (including phenoxy) is 2. The minimum atomic E-state index is -3.59. The molecule has 0 radical (unpaired) electrons. The molecule has 0 spiro atoms. The molecule has 3 heterocycles. The number of nitrogens with one attached hydrogen (secondary N) is 2. The molecule has 31 heavy (non-hydrogen) atoms. The molecule has 2 aliphatic heterocycles. The Kier molecular flexibility index (Phi) is 6.80. The maximum atomic E-state index is 13.1. The fraction of sp³-hybridized carbons (Fsp3) is 0.571. The van der Waals surface area contributed by atoms with E-state index in [4.69, 9.17) is 14.0 Å². The van der Waals surface area contributed by atoms with Crippen LogP contribution in [0, 0.1) is 13.8 Å². The van der Waals surface area contributed by atoms with Crippen LogP contribution in [-0.2, 0) is 26.0 Å². The molecule has 2 aromatic rings. The average molecular weight is 451 g/mol. The van der Waals surface area contributed by atoms with E-state index < -0.39 is 10.0 Å². The highest BCUT2D eigenvalue weighted by molar-refractivity contribution is 7.89. The number of sulfonamides is 1. The average Bonchev–Trinajstić information content (AvgIpc) is 3.41. The van der Waals surface area contributed by atoms with Gasteiger partial charge in [-0.25, -0.2) is 8.42 Å². The number of aryl methyl sites for hydroxylation is 2. The Labute approximate surface area is 183 Å². The molecule has 4 rings (SSSR count). The first-order chi connectivity index (χ1) is 14.9. The first kappa shape index (κ1) is 22.1. The second-order valence-corrected chi connectivity index (χ2v) is 9.83. The lowest BCUT2D eigenvalue weighted by Gasteiger charge is -2.26. The zero-order valence-corrected chi connectivity index (χ0v) is 18.8. The standard InChI is InChI=1S/C21H30N4O5S/c1-15-19(16(2)30-24-15)14-23-21-12-18(31(26,27)25-7-10-28-11-8-25)5-6-20(21)22-13-17-4-3-9-29-17/h5-6,12,17,22-23H,3-4,7-11,13-14H2,1-2H3. The smallest absolute Gasteiger partial charge is 0.243 e. The molecular formula is C21H30N4O5S. The Bertz CT molecular complexity index is 976. The quantitative estimate of drug-likeness (QED) is 0.632. The molecule has 170 valence electrons. The molecule has 0 bridgehead atoms. The second-order valence-electron chi connectivity index (χ2n) is 7.90. The Morgan fingerprint density at radius 3 is 2.61 bits per heavy atom. The van der Waals surface area contributed by atoms with Crippen molar-refractivity contribution in [2.24, 2.45) is 0 Å². The van der Waals surface area contributed by atoms with Crippen LogP contribution in [0.3, 0.4) is 0 Å². The summed E-state index contributed by atoms with van der Waals surface area (Å²) < 4.78 is 44.0. The van der Waals surface area contributed by atoms with Crippen LogP contribution < -0.4 is 10.6 Å². The predicted molar refractivity (Wildman–Crippen MR) is 117 cm³/mol. The molecule has 1 unspecified atom stereocenters. The lowest BCUT2D eigenvalue weighted by molar-refractivity contribution is 0.0730. The van der Waals surface area contributed by atoms with Crippen molar-refractivity contribution in [1.82, 2.24) is 9.46 Å². The molecule has 2 saturated heterocycles. The van der Waals surface area contributed by atoms with Crippen LogP contribution in [0.15, 0.2) is 27.6 Å². The summed E-state index contributed by atoms with van der Waals surface area (Å²) in [6.07, 6.45) is 2.27. The first-order valence-corrected chi connectivity index (χ1v) is 12.1. The fourth-order valence-corrected chi connectivity index (χ4v) is 5.32. The zero-order chi connectivity index (χ0) is 21.8. The van der Waals surface area contributed by atoms with Gasteiger partial charge in [0.2, 0.25) is 10.0 Å². The van der Waals surface area contributed by atoms with Gasteiger partial charge in [0.15, 0.2) is 0 Å². The van der Waals surface area contributed by atoms with Gasteiger partial charge in [-0.1, -0.05) is 5.16 Å². The minimum absolute atomic E-state index is 0.173. The van der Waals surface area contributed by atoms with E-state index in [9.17, 15) is 8.42 Å².